The van der Waals surface area contributed by atoms with E-state index in [0.717, 1.165) is 16.0 Å². The fourth-order valence-electron chi connectivity index (χ4n) is 3.48. The number of hydrogen-bond donors (Lipinski definition) is 1. The van der Waals surface area contributed by atoms with Gasteiger partial charge < -0.3 is 5.32 Å². The van der Waals surface area contributed by atoms with Gasteiger partial charge in [-0.2, -0.15) is 0 Å². The first-order valence-corrected chi connectivity index (χ1v) is 9.88. The second-order valence-corrected chi connectivity index (χ2v) is 7.95. The molecular formula is C23H16Cl2N2O3. The number of carbonyl (C=O) groups excluding carboxylic acids is 3. The third kappa shape index (κ3) is 3.58. The summed E-state index contributed by atoms with van der Waals surface area (Å²) in [6.45, 7) is 3.92. The number of halogens is 2. The van der Waals surface area contributed by atoms with Crippen LogP contribution in [0.1, 0.15) is 42.2 Å². The van der Waals surface area contributed by atoms with Crippen LogP contribution in [-0.4, -0.2) is 17.7 Å². The van der Waals surface area contributed by atoms with Crippen LogP contribution in [0.4, 0.5) is 11.4 Å². The largest absolute Gasteiger partial charge is 0.322 e. The molecule has 1 heterocycles. The van der Waals surface area contributed by atoms with Crippen LogP contribution in [0, 0.1) is 13.8 Å². The highest BCUT2D eigenvalue weighted by Crippen LogP contribution is 2.34. The minimum absolute atomic E-state index is 0.200. The lowest BCUT2D eigenvalue weighted by Gasteiger charge is -2.14. The zero-order valence-electron chi connectivity index (χ0n) is 16.1. The molecule has 0 radical (unpaired) electrons. The van der Waals surface area contributed by atoms with Crippen molar-refractivity contribution in [1.82, 2.24) is 0 Å². The molecule has 0 atom stereocenters. The number of nitrogens with zero attached hydrogens (tertiary/aromatic N) is 1. The Labute approximate surface area is 183 Å². The number of aryl methyl sites for hydroxylation is 2. The average molecular weight is 439 g/mol. The number of benzene rings is 3. The molecule has 1 aliphatic rings. The van der Waals surface area contributed by atoms with Crippen molar-refractivity contribution < 1.29 is 14.4 Å². The monoisotopic (exact) mass is 438 g/mol. The number of imide groups is 1. The van der Waals surface area contributed by atoms with E-state index in [1.807, 2.05) is 32.0 Å². The molecule has 0 aromatic heterocycles. The fourth-order valence-corrected chi connectivity index (χ4v) is 3.81. The van der Waals surface area contributed by atoms with Gasteiger partial charge in [-0.25, -0.2) is 4.90 Å². The summed E-state index contributed by atoms with van der Waals surface area (Å²) in [7, 11) is 0. The summed E-state index contributed by atoms with van der Waals surface area (Å²) >= 11 is 12.0. The van der Waals surface area contributed by atoms with E-state index in [1.54, 1.807) is 24.3 Å². The number of amides is 3. The van der Waals surface area contributed by atoms with Gasteiger partial charge in [0.25, 0.3) is 17.7 Å². The van der Waals surface area contributed by atoms with Gasteiger partial charge in [0.2, 0.25) is 0 Å². The molecule has 1 N–H and O–H groups in total. The molecule has 0 aliphatic carbocycles. The normalized spacial score (nSPS) is 12.9. The standard InChI is InChI=1S/C23H16Cl2N2O3/c1-12-7-13(2)9-15(8-12)26-21(28)14-3-5-16(6-4-14)27-22(29)17-10-19(24)20(25)11-18(17)23(27)30/h3-11H,1-2H3,(H,26,28). The highest BCUT2D eigenvalue weighted by Gasteiger charge is 2.37. The first-order valence-electron chi connectivity index (χ1n) is 9.12. The highest BCUT2D eigenvalue weighted by molar-refractivity contribution is 6.44. The summed E-state index contributed by atoms with van der Waals surface area (Å²) in [5.74, 6) is -1.26. The van der Waals surface area contributed by atoms with E-state index in [4.69, 9.17) is 23.2 Å². The molecule has 3 aromatic rings. The Morgan fingerprint density at radius 1 is 0.800 bits per heavy atom. The van der Waals surface area contributed by atoms with Gasteiger partial charge in [-0.1, -0.05) is 29.3 Å². The molecule has 150 valence electrons. The summed E-state index contributed by atoms with van der Waals surface area (Å²) in [6, 6.07) is 14.8. The average Bonchev–Trinajstić information content (AvgIpc) is 2.91. The summed E-state index contributed by atoms with van der Waals surface area (Å²) in [5, 5.41) is 3.27. The zero-order chi connectivity index (χ0) is 21.6. The van der Waals surface area contributed by atoms with Gasteiger partial charge in [0, 0.05) is 11.3 Å². The Hall–Kier alpha value is -3.15. The van der Waals surface area contributed by atoms with Crippen LogP contribution in [0.25, 0.3) is 0 Å². The molecule has 0 bridgehead atoms. The van der Waals surface area contributed by atoms with Crippen LogP contribution >= 0.6 is 23.2 Å². The van der Waals surface area contributed by atoms with Crippen LogP contribution in [0.3, 0.4) is 0 Å². The summed E-state index contributed by atoms with van der Waals surface area (Å²) in [6.07, 6.45) is 0. The van der Waals surface area contributed by atoms with Gasteiger partial charge >= 0.3 is 0 Å². The molecule has 0 saturated heterocycles. The topological polar surface area (TPSA) is 66.5 Å². The van der Waals surface area contributed by atoms with Gasteiger partial charge in [-0.15, -0.1) is 0 Å². The van der Waals surface area contributed by atoms with Crippen molar-refractivity contribution >= 4 is 52.3 Å². The van der Waals surface area contributed by atoms with E-state index in [1.165, 1.54) is 12.1 Å². The highest BCUT2D eigenvalue weighted by atomic mass is 35.5. The first kappa shape index (κ1) is 20.1. The lowest BCUT2D eigenvalue weighted by molar-refractivity contribution is 0.0925. The smallest absolute Gasteiger partial charge is 0.266 e. The van der Waals surface area contributed by atoms with E-state index in [2.05, 4.69) is 5.32 Å². The molecule has 7 heteroatoms. The molecule has 0 unspecified atom stereocenters. The van der Waals surface area contributed by atoms with Crippen molar-refractivity contribution in [3.8, 4) is 0 Å². The third-order valence-electron chi connectivity index (χ3n) is 4.79. The van der Waals surface area contributed by atoms with Crippen molar-refractivity contribution in [1.29, 1.82) is 0 Å². The molecule has 1 aliphatic heterocycles. The van der Waals surface area contributed by atoms with Gasteiger partial charge in [-0.3, -0.25) is 14.4 Å². The number of hydrogen-bond acceptors (Lipinski definition) is 3. The molecule has 0 spiro atoms. The van der Waals surface area contributed by atoms with Crippen molar-refractivity contribution in [2.45, 2.75) is 13.8 Å². The van der Waals surface area contributed by atoms with E-state index < -0.39 is 11.8 Å². The lowest BCUT2D eigenvalue weighted by atomic mass is 10.1. The van der Waals surface area contributed by atoms with E-state index in [-0.39, 0.29) is 27.1 Å². The van der Waals surface area contributed by atoms with Gasteiger partial charge in [-0.05, 0) is 73.5 Å². The molecule has 3 amide bonds. The number of nitrogens with one attached hydrogen (secondary N) is 1. The fraction of sp³-hybridized carbons (Fsp3) is 0.0870. The molecule has 30 heavy (non-hydrogen) atoms. The second kappa shape index (κ2) is 7.59. The maximum atomic E-state index is 12.7. The van der Waals surface area contributed by atoms with Gasteiger partial charge in [0.15, 0.2) is 0 Å². The number of carbonyl (C=O) groups is 3. The SMILES string of the molecule is Cc1cc(C)cc(NC(=O)c2ccc(N3C(=O)c4cc(Cl)c(Cl)cc4C3=O)cc2)c1. The van der Waals surface area contributed by atoms with Crippen LogP contribution in [0.15, 0.2) is 54.6 Å². The van der Waals surface area contributed by atoms with Crippen molar-refractivity contribution in [2.75, 3.05) is 10.2 Å². The lowest BCUT2D eigenvalue weighted by Crippen LogP contribution is -2.29. The van der Waals surface area contributed by atoms with Crippen LogP contribution in [0.2, 0.25) is 10.0 Å². The summed E-state index contributed by atoms with van der Waals surface area (Å²) < 4.78 is 0. The van der Waals surface area contributed by atoms with E-state index in [9.17, 15) is 14.4 Å². The maximum Gasteiger partial charge on any atom is 0.266 e. The van der Waals surface area contributed by atoms with Crippen LogP contribution in [0.5, 0.6) is 0 Å². The zero-order valence-corrected chi connectivity index (χ0v) is 17.6. The van der Waals surface area contributed by atoms with E-state index in [0.29, 0.717) is 16.9 Å². The minimum Gasteiger partial charge on any atom is -0.322 e. The maximum absolute atomic E-state index is 12.7. The number of fused-ring (bicyclic) bond motifs is 1. The van der Waals surface area contributed by atoms with Crippen LogP contribution in [-0.2, 0) is 0 Å². The molecule has 3 aromatic carbocycles. The van der Waals surface area contributed by atoms with Gasteiger partial charge in [0.05, 0.1) is 26.9 Å². The minimum atomic E-state index is -0.485. The molecule has 0 fully saturated rings. The quantitative estimate of drug-likeness (QED) is 0.536. The predicted molar refractivity (Wildman–Crippen MR) is 118 cm³/mol. The van der Waals surface area contributed by atoms with Crippen molar-refractivity contribution in [3.63, 3.8) is 0 Å². The first-order chi connectivity index (χ1) is 14.2. The molecular weight excluding hydrogens is 423 g/mol. The Morgan fingerprint density at radius 2 is 1.30 bits per heavy atom. The second-order valence-electron chi connectivity index (χ2n) is 7.14. The Kier molecular flexibility index (Phi) is 5.10. The van der Waals surface area contributed by atoms with Crippen LogP contribution < -0.4 is 10.2 Å². The summed E-state index contributed by atoms with van der Waals surface area (Å²) in [4.78, 5) is 39.0. The summed E-state index contributed by atoms with van der Waals surface area (Å²) in [5.41, 5.74) is 3.96. The number of anilines is 2. The van der Waals surface area contributed by atoms with Crippen molar-refractivity contribution in [2.24, 2.45) is 0 Å². The molecule has 0 saturated carbocycles. The van der Waals surface area contributed by atoms with Crippen molar-refractivity contribution in [3.05, 3.63) is 92.5 Å². The number of rotatable bonds is 3. The van der Waals surface area contributed by atoms with E-state index >= 15 is 0 Å². The predicted octanol–water partition coefficient (Wildman–Crippen LogP) is 5.66. The Morgan fingerprint density at radius 3 is 1.80 bits per heavy atom. The third-order valence-corrected chi connectivity index (χ3v) is 5.52. The Balaban J connectivity index is 1.57. The Bertz CT molecular complexity index is 1160. The van der Waals surface area contributed by atoms with Gasteiger partial charge in [0.1, 0.15) is 0 Å². The molecule has 4 rings (SSSR count). The molecule has 5 nitrogen and oxygen atoms in total.